The molecule has 0 aliphatic carbocycles. The van der Waals surface area contributed by atoms with Crippen LogP contribution >= 0.6 is 15.9 Å². The first-order valence-corrected chi connectivity index (χ1v) is 6.81. The highest BCUT2D eigenvalue weighted by atomic mass is 79.9. The topological polar surface area (TPSA) is 46.5 Å². The van der Waals surface area contributed by atoms with E-state index in [1.807, 2.05) is 13.0 Å². The maximum absolute atomic E-state index is 10.9. The number of ether oxygens (including phenoxy) is 1. The Kier molecular flexibility index (Phi) is 3.78. The zero-order chi connectivity index (χ0) is 13.3. The van der Waals surface area contributed by atoms with E-state index in [4.69, 9.17) is 9.84 Å². The molecule has 0 aromatic heterocycles. The maximum atomic E-state index is 10.9. The minimum atomic E-state index is -0.749. The number of aliphatic carboxylic acids is 1. The lowest BCUT2D eigenvalue weighted by atomic mass is 9.67. The van der Waals surface area contributed by atoms with Gasteiger partial charge in [-0.3, -0.25) is 4.79 Å². The third-order valence-corrected chi connectivity index (χ3v) is 4.37. The van der Waals surface area contributed by atoms with Crippen LogP contribution < -0.4 is 0 Å². The van der Waals surface area contributed by atoms with Crippen LogP contribution in [0.4, 0.5) is 0 Å². The molecule has 1 aliphatic heterocycles. The van der Waals surface area contributed by atoms with Crippen LogP contribution in [0, 0.1) is 12.8 Å². The fourth-order valence-corrected chi connectivity index (χ4v) is 2.98. The van der Waals surface area contributed by atoms with Crippen LogP contribution in [0.15, 0.2) is 22.7 Å². The number of benzene rings is 1. The van der Waals surface area contributed by atoms with E-state index < -0.39 is 5.97 Å². The molecular formula is C14H17BrO3. The zero-order valence-electron chi connectivity index (χ0n) is 10.6. The molecule has 1 heterocycles. The number of carbonyl (C=O) groups is 1. The Bertz CT molecular complexity index is 466. The van der Waals surface area contributed by atoms with Crippen molar-refractivity contribution in [2.75, 3.05) is 13.2 Å². The predicted octanol–water partition coefficient (Wildman–Crippen LogP) is 3.14. The Morgan fingerprint density at radius 2 is 2.22 bits per heavy atom. The van der Waals surface area contributed by atoms with Gasteiger partial charge in [0.25, 0.3) is 0 Å². The van der Waals surface area contributed by atoms with Crippen molar-refractivity contribution in [2.24, 2.45) is 5.92 Å². The number of carboxylic acids is 1. The number of rotatable bonds is 4. The summed E-state index contributed by atoms with van der Waals surface area (Å²) in [6.07, 6.45) is 0.176. The average Bonchev–Trinajstić information content (AvgIpc) is 2.20. The van der Waals surface area contributed by atoms with Crippen molar-refractivity contribution in [1.82, 2.24) is 0 Å². The molecule has 1 aromatic rings. The third kappa shape index (κ3) is 2.31. The van der Waals surface area contributed by atoms with E-state index in [2.05, 4.69) is 35.0 Å². The minimum Gasteiger partial charge on any atom is -0.481 e. The van der Waals surface area contributed by atoms with Crippen molar-refractivity contribution in [1.29, 1.82) is 0 Å². The Morgan fingerprint density at radius 1 is 1.56 bits per heavy atom. The van der Waals surface area contributed by atoms with E-state index in [1.165, 1.54) is 11.1 Å². The van der Waals surface area contributed by atoms with Crippen LogP contribution in [-0.4, -0.2) is 24.3 Å². The average molecular weight is 313 g/mol. The highest BCUT2D eigenvalue weighted by molar-refractivity contribution is 9.10. The summed E-state index contributed by atoms with van der Waals surface area (Å²) in [5.41, 5.74) is 2.25. The molecule has 1 N–H and O–H groups in total. The lowest BCUT2D eigenvalue weighted by Gasteiger charge is -2.47. The summed E-state index contributed by atoms with van der Waals surface area (Å²) in [4.78, 5) is 10.9. The fourth-order valence-electron chi connectivity index (χ4n) is 2.62. The first-order chi connectivity index (χ1) is 8.45. The van der Waals surface area contributed by atoms with Gasteiger partial charge in [0.15, 0.2) is 0 Å². The molecule has 1 aliphatic rings. The van der Waals surface area contributed by atoms with Gasteiger partial charge in [-0.1, -0.05) is 28.9 Å². The highest BCUT2D eigenvalue weighted by Gasteiger charge is 2.46. The van der Waals surface area contributed by atoms with Gasteiger partial charge < -0.3 is 9.84 Å². The van der Waals surface area contributed by atoms with Gasteiger partial charge in [-0.25, -0.2) is 0 Å². The highest BCUT2D eigenvalue weighted by Crippen LogP contribution is 2.43. The summed E-state index contributed by atoms with van der Waals surface area (Å²) < 4.78 is 6.41. The van der Waals surface area contributed by atoms with Crippen molar-refractivity contribution >= 4 is 21.9 Å². The van der Waals surface area contributed by atoms with Crippen LogP contribution in [0.25, 0.3) is 0 Å². The van der Waals surface area contributed by atoms with Crippen LogP contribution in [0.3, 0.4) is 0 Å². The third-order valence-electron chi connectivity index (χ3n) is 3.88. The van der Waals surface area contributed by atoms with Gasteiger partial charge >= 0.3 is 5.97 Å². The molecule has 3 nitrogen and oxygen atoms in total. The largest absolute Gasteiger partial charge is 0.481 e. The summed E-state index contributed by atoms with van der Waals surface area (Å²) in [7, 11) is 0. The molecule has 98 valence electrons. The molecule has 1 fully saturated rings. The molecule has 1 atom stereocenters. The molecule has 0 bridgehead atoms. The number of halogens is 1. The molecule has 0 saturated carbocycles. The molecule has 0 amide bonds. The monoisotopic (exact) mass is 312 g/mol. The van der Waals surface area contributed by atoms with Gasteiger partial charge in [-0.15, -0.1) is 0 Å². The fraction of sp³-hybridized carbons (Fsp3) is 0.500. The van der Waals surface area contributed by atoms with Crippen molar-refractivity contribution < 1.29 is 14.6 Å². The molecule has 1 unspecified atom stereocenters. The van der Waals surface area contributed by atoms with E-state index in [0.29, 0.717) is 13.2 Å². The van der Waals surface area contributed by atoms with Gasteiger partial charge in [-0.05, 0) is 36.1 Å². The second-order valence-electron chi connectivity index (χ2n) is 5.11. The summed E-state index contributed by atoms with van der Waals surface area (Å²) in [6.45, 7) is 5.28. The number of carboxylic acid groups (broad SMARTS) is 1. The maximum Gasteiger partial charge on any atom is 0.303 e. The van der Waals surface area contributed by atoms with E-state index in [1.54, 1.807) is 0 Å². The SMILES string of the molecule is Cc1ccc(Br)cc1C1(C(C)CC(=O)O)COC1. The predicted molar refractivity (Wildman–Crippen MR) is 72.8 cm³/mol. The van der Waals surface area contributed by atoms with Crippen LogP contribution in [0.1, 0.15) is 24.5 Å². The quantitative estimate of drug-likeness (QED) is 0.929. The number of aryl methyl sites for hydroxylation is 1. The van der Waals surface area contributed by atoms with Gasteiger partial charge in [0, 0.05) is 16.3 Å². The second-order valence-corrected chi connectivity index (χ2v) is 6.02. The van der Waals surface area contributed by atoms with Gasteiger partial charge in [0.05, 0.1) is 13.2 Å². The molecule has 0 radical (unpaired) electrons. The van der Waals surface area contributed by atoms with Crippen molar-refractivity contribution in [3.8, 4) is 0 Å². The van der Waals surface area contributed by atoms with Crippen molar-refractivity contribution in [3.05, 3.63) is 33.8 Å². The van der Waals surface area contributed by atoms with Crippen molar-refractivity contribution in [2.45, 2.75) is 25.7 Å². The van der Waals surface area contributed by atoms with Crippen molar-refractivity contribution in [3.63, 3.8) is 0 Å². The number of hydrogen-bond donors (Lipinski definition) is 1. The van der Waals surface area contributed by atoms with Crippen LogP contribution in [0.5, 0.6) is 0 Å². The molecule has 4 heteroatoms. The normalized spacial score (nSPS) is 19.1. The molecule has 2 rings (SSSR count). The molecular weight excluding hydrogens is 296 g/mol. The van der Waals surface area contributed by atoms with Gasteiger partial charge in [0.1, 0.15) is 0 Å². The minimum absolute atomic E-state index is 0.0664. The molecule has 18 heavy (non-hydrogen) atoms. The lowest BCUT2D eigenvalue weighted by molar-refractivity contribution is -0.142. The standard InChI is InChI=1S/C14H17BrO3/c1-9-3-4-11(15)6-12(9)14(7-18-8-14)10(2)5-13(16)17/h3-4,6,10H,5,7-8H2,1-2H3,(H,16,17). The lowest BCUT2D eigenvalue weighted by Crippen LogP contribution is -2.52. The Balaban J connectivity index is 2.37. The zero-order valence-corrected chi connectivity index (χ0v) is 12.2. The number of hydrogen-bond acceptors (Lipinski definition) is 2. The van der Waals surface area contributed by atoms with Gasteiger partial charge in [-0.2, -0.15) is 0 Å². The van der Waals surface area contributed by atoms with E-state index >= 15 is 0 Å². The van der Waals surface area contributed by atoms with Gasteiger partial charge in [0.2, 0.25) is 0 Å². The van der Waals surface area contributed by atoms with E-state index in [-0.39, 0.29) is 17.8 Å². The van der Waals surface area contributed by atoms with E-state index in [9.17, 15) is 4.79 Å². The Morgan fingerprint density at radius 3 is 2.72 bits per heavy atom. The Hall–Kier alpha value is -0.870. The summed E-state index contributed by atoms with van der Waals surface area (Å²) >= 11 is 3.48. The van der Waals surface area contributed by atoms with Crippen LogP contribution in [-0.2, 0) is 14.9 Å². The summed E-state index contributed by atoms with van der Waals surface area (Å²) in [6, 6.07) is 6.16. The molecule has 1 aromatic carbocycles. The Labute approximate surface area is 115 Å². The first kappa shape index (κ1) is 13.6. The van der Waals surface area contributed by atoms with E-state index in [0.717, 1.165) is 4.47 Å². The summed E-state index contributed by atoms with van der Waals surface area (Å²) in [5.74, 6) is -0.682. The summed E-state index contributed by atoms with van der Waals surface area (Å²) in [5, 5.41) is 8.99. The smallest absolute Gasteiger partial charge is 0.303 e. The molecule has 1 saturated heterocycles. The molecule has 0 spiro atoms. The first-order valence-electron chi connectivity index (χ1n) is 6.02. The second kappa shape index (κ2) is 5.02. The van der Waals surface area contributed by atoms with Crippen LogP contribution in [0.2, 0.25) is 0 Å².